The molecule has 1 unspecified atom stereocenters. The zero-order valence-electron chi connectivity index (χ0n) is 9.65. The minimum atomic E-state index is -3.41. The van der Waals surface area contributed by atoms with Gasteiger partial charge in [-0.05, 0) is 31.4 Å². The van der Waals surface area contributed by atoms with E-state index in [1.54, 1.807) is 13.0 Å². The molecule has 0 radical (unpaired) electrons. The van der Waals surface area contributed by atoms with Crippen LogP contribution in [0.15, 0.2) is 10.3 Å². The van der Waals surface area contributed by atoms with Gasteiger partial charge in [0.05, 0.1) is 0 Å². The molecule has 1 aromatic heterocycles. The molecule has 1 heterocycles. The van der Waals surface area contributed by atoms with Gasteiger partial charge < -0.3 is 5.11 Å². The summed E-state index contributed by atoms with van der Waals surface area (Å²) >= 11 is 1.27. The highest BCUT2D eigenvalue weighted by atomic mass is 32.2. The summed E-state index contributed by atoms with van der Waals surface area (Å²) in [5.41, 5.74) is 0.987. The van der Waals surface area contributed by atoms with Gasteiger partial charge in [-0.1, -0.05) is 6.92 Å². The molecule has 16 heavy (non-hydrogen) atoms. The van der Waals surface area contributed by atoms with Gasteiger partial charge in [-0.2, -0.15) is 0 Å². The van der Waals surface area contributed by atoms with Crippen molar-refractivity contribution in [2.45, 2.75) is 25.0 Å². The van der Waals surface area contributed by atoms with Crippen molar-refractivity contribution in [3.8, 4) is 0 Å². The maximum atomic E-state index is 11.8. The summed E-state index contributed by atoms with van der Waals surface area (Å²) in [4.78, 5) is 1.01. The molecular weight excluding hydrogens is 246 g/mol. The Balaban J connectivity index is 2.78. The summed E-state index contributed by atoms with van der Waals surface area (Å²) in [7, 11) is -3.41. The van der Waals surface area contributed by atoms with Crippen molar-refractivity contribution < 1.29 is 13.5 Å². The van der Waals surface area contributed by atoms with Gasteiger partial charge in [-0.3, -0.25) is 0 Å². The first kappa shape index (κ1) is 13.6. The molecule has 0 amide bonds. The van der Waals surface area contributed by atoms with Gasteiger partial charge in [-0.25, -0.2) is 13.1 Å². The molecular formula is C10H17NO3S2. The molecule has 6 heteroatoms. The summed E-state index contributed by atoms with van der Waals surface area (Å²) in [6.07, 6.45) is 0. The predicted molar refractivity (Wildman–Crippen MR) is 65.2 cm³/mol. The largest absolute Gasteiger partial charge is 0.396 e. The van der Waals surface area contributed by atoms with Crippen LogP contribution in [0.1, 0.15) is 17.4 Å². The lowest BCUT2D eigenvalue weighted by atomic mass is 10.2. The second kappa shape index (κ2) is 5.27. The van der Waals surface area contributed by atoms with Crippen molar-refractivity contribution in [2.24, 2.45) is 5.92 Å². The summed E-state index contributed by atoms with van der Waals surface area (Å²) in [6.45, 7) is 5.81. The molecule has 0 bridgehead atoms. The number of aliphatic hydroxyl groups excluding tert-OH is 1. The van der Waals surface area contributed by atoms with Crippen LogP contribution in [-0.4, -0.2) is 26.7 Å². The molecule has 0 saturated heterocycles. The molecule has 0 fully saturated rings. The van der Waals surface area contributed by atoms with Crippen LogP contribution >= 0.6 is 11.3 Å². The minimum absolute atomic E-state index is 0.0228. The molecule has 0 aromatic carbocycles. The van der Waals surface area contributed by atoms with E-state index in [4.69, 9.17) is 5.11 Å². The first-order valence-electron chi connectivity index (χ1n) is 5.04. The average Bonchev–Trinajstić information content (AvgIpc) is 2.56. The van der Waals surface area contributed by atoms with Gasteiger partial charge in [-0.15, -0.1) is 11.3 Å². The molecule has 0 aliphatic carbocycles. The predicted octanol–water partition coefficient (Wildman–Crippen LogP) is 1.27. The Kier molecular flexibility index (Phi) is 4.49. The van der Waals surface area contributed by atoms with Gasteiger partial charge in [0, 0.05) is 18.0 Å². The smallest absolute Gasteiger partial charge is 0.250 e. The van der Waals surface area contributed by atoms with Crippen molar-refractivity contribution in [1.29, 1.82) is 0 Å². The Hall–Kier alpha value is -0.430. The topological polar surface area (TPSA) is 66.4 Å². The molecule has 0 spiro atoms. The molecule has 0 saturated carbocycles. The SMILES string of the molecule is Cc1cc(S(=O)(=O)NCC(C)CO)sc1C. The molecule has 1 rings (SSSR count). The average molecular weight is 263 g/mol. The lowest BCUT2D eigenvalue weighted by Crippen LogP contribution is -2.29. The number of nitrogens with one attached hydrogen (secondary N) is 1. The van der Waals surface area contributed by atoms with E-state index in [1.807, 2.05) is 13.8 Å². The van der Waals surface area contributed by atoms with Crippen LogP contribution in [0, 0.1) is 19.8 Å². The third-order valence-electron chi connectivity index (χ3n) is 2.34. The number of hydrogen-bond acceptors (Lipinski definition) is 4. The summed E-state index contributed by atoms with van der Waals surface area (Å²) < 4.78 is 26.5. The van der Waals surface area contributed by atoms with Crippen molar-refractivity contribution in [3.63, 3.8) is 0 Å². The van der Waals surface area contributed by atoms with Crippen LogP contribution < -0.4 is 4.72 Å². The maximum Gasteiger partial charge on any atom is 0.250 e. The Morgan fingerprint density at radius 2 is 2.12 bits per heavy atom. The summed E-state index contributed by atoms with van der Waals surface area (Å²) in [5.74, 6) is -0.0723. The number of aryl methyl sites for hydroxylation is 2. The van der Waals surface area contributed by atoms with Crippen LogP contribution in [0.4, 0.5) is 0 Å². The van der Waals surface area contributed by atoms with Gasteiger partial charge in [0.15, 0.2) is 0 Å². The maximum absolute atomic E-state index is 11.8. The van der Waals surface area contributed by atoms with E-state index in [1.165, 1.54) is 11.3 Å². The third-order valence-corrected chi connectivity index (χ3v) is 5.39. The van der Waals surface area contributed by atoms with Crippen molar-refractivity contribution in [2.75, 3.05) is 13.2 Å². The number of hydrogen-bond donors (Lipinski definition) is 2. The van der Waals surface area contributed by atoms with Crippen LogP contribution in [0.25, 0.3) is 0 Å². The van der Waals surface area contributed by atoms with E-state index in [9.17, 15) is 8.42 Å². The lowest BCUT2D eigenvalue weighted by Gasteiger charge is -2.08. The Labute approximate surface area is 100 Å². The first-order valence-corrected chi connectivity index (χ1v) is 7.34. The fourth-order valence-corrected chi connectivity index (χ4v) is 3.79. The normalized spacial score (nSPS) is 14.0. The Morgan fingerprint density at radius 1 is 1.50 bits per heavy atom. The zero-order chi connectivity index (χ0) is 12.3. The van der Waals surface area contributed by atoms with Crippen LogP contribution in [0.5, 0.6) is 0 Å². The van der Waals surface area contributed by atoms with Gasteiger partial charge in [0.2, 0.25) is 10.0 Å². The quantitative estimate of drug-likeness (QED) is 0.841. The summed E-state index contributed by atoms with van der Waals surface area (Å²) in [5, 5.41) is 8.82. The number of thiophene rings is 1. The van der Waals surface area contributed by atoms with Crippen molar-refractivity contribution in [1.82, 2.24) is 4.72 Å². The highest BCUT2D eigenvalue weighted by Crippen LogP contribution is 2.24. The second-order valence-electron chi connectivity index (χ2n) is 3.94. The number of aliphatic hydroxyl groups is 1. The highest BCUT2D eigenvalue weighted by molar-refractivity contribution is 7.91. The van der Waals surface area contributed by atoms with Crippen molar-refractivity contribution in [3.05, 3.63) is 16.5 Å². The fourth-order valence-electron chi connectivity index (χ4n) is 1.06. The monoisotopic (exact) mass is 263 g/mol. The standard InChI is InChI=1S/C10H17NO3S2/c1-7(6-12)5-11-16(13,14)10-4-8(2)9(3)15-10/h4,7,11-12H,5-6H2,1-3H3. The van der Waals surface area contributed by atoms with E-state index in [0.717, 1.165) is 10.4 Å². The Bertz CT molecular complexity index is 431. The van der Waals surface area contributed by atoms with E-state index >= 15 is 0 Å². The van der Waals surface area contributed by atoms with Gasteiger partial charge in [0.25, 0.3) is 0 Å². The van der Waals surface area contributed by atoms with Crippen LogP contribution in [-0.2, 0) is 10.0 Å². The van der Waals surface area contributed by atoms with Crippen molar-refractivity contribution >= 4 is 21.4 Å². The van der Waals surface area contributed by atoms with Gasteiger partial charge in [0.1, 0.15) is 4.21 Å². The first-order chi connectivity index (χ1) is 7.36. The van der Waals surface area contributed by atoms with E-state index in [-0.39, 0.29) is 19.1 Å². The van der Waals surface area contributed by atoms with E-state index in [0.29, 0.717) is 4.21 Å². The molecule has 92 valence electrons. The lowest BCUT2D eigenvalue weighted by molar-refractivity contribution is 0.238. The molecule has 0 aliphatic heterocycles. The van der Waals surface area contributed by atoms with Crippen LogP contribution in [0.2, 0.25) is 0 Å². The molecule has 1 atom stereocenters. The Morgan fingerprint density at radius 3 is 2.56 bits per heavy atom. The molecule has 4 nitrogen and oxygen atoms in total. The number of sulfonamides is 1. The molecule has 0 aliphatic rings. The third kappa shape index (κ3) is 3.28. The van der Waals surface area contributed by atoms with Gasteiger partial charge >= 0.3 is 0 Å². The van der Waals surface area contributed by atoms with E-state index in [2.05, 4.69) is 4.72 Å². The minimum Gasteiger partial charge on any atom is -0.396 e. The summed E-state index contributed by atoms with van der Waals surface area (Å²) in [6, 6.07) is 1.67. The number of rotatable bonds is 5. The van der Waals surface area contributed by atoms with Crippen LogP contribution in [0.3, 0.4) is 0 Å². The molecule has 1 aromatic rings. The second-order valence-corrected chi connectivity index (χ2v) is 7.19. The fraction of sp³-hybridized carbons (Fsp3) is 0.600. The zero-order valence-corrected chi connectivity index (χ0v) is 11.3. The molecule has 2 N–H and O–H groups in total. The highest BCUT2D eigenvalue weighted by Gasteiger charge is 2.18. The van der Waals surface area contributed by atoms with E-state index < -0.39 is 10.0 Å².